The number of nitrogens with zero attached hydrogens (tertiary/aromatic N) is 2. The van der Waals surface area contributed by atoms with E-state index in [2.05, 4.69) is 5.10 Å². The normalized spacial score (nSPS) is 13.2. The van der Waals surface area contributed by atoms with E-state index in [1.807, 2.05) is 61.5 Å². The summed E-state index contributed by atoms with van der Waals surface area (Å²) in [5.74, 6) is -0.401. The summed E-state index contributed by atoms with van der Waals surface area (Å²) >= 11 is 0. The fourth-order valence-electron chi connectivity index (χ4n) is 2.86. The van der Waals surface area contributed by atoms with E-state index in [-0.39, 0.29) is 11.6 Å². The monoisotopic (exact) mass is 314 g/mol. The quantitative estimate of drug-likeness (QED) is 0.723. The molecule has 0 aliphatic heterocycles. The molecule has 1 aliphatic carbocycles. The molecule has 0 spiro atoms. The molecular formula is C20H14N2O2. The molecule has 1 heterocycles. The standard InChI is InChI=1S/C20H14N2O2/c1-13-7-9-15(10-8-13)22-20-17(24)12-11-16(23)18(20)19(21-22)14-5-3-2-4-6-14/h2-12H,1H3. The number of carbonyl (C=O) groups is 2. The molecule has 0 amide bonds. The number of aryl methyl sites for hydroxylation is 1. The number of benzene rings is 2. The number of carbonyl (C=O) groups excluding carboxylic acids is 2. The average molecular weight is 314 g/mol. The second-order valence-corrected chi connectivity index (χ2v) is 5.75. The van der Waals surface area contributed by atoms with Crippen LogP contribution >= 0.6 is 0 Å². The maximum absolute atomic E-state index is 12.4. The van der Waals surface area contributed by atoms with Gasteiger partial charge in [0, 0.05) is 5.56 Å². The van der Waals surface area contributed by atoms with E-state index in [0.717, 1.165) is 16.8 Å². The highest BCUT2D eigenvalue weighted by molar-refractivity contribution is 6.23. The lowest BCUT2D eigenvalue weighted by molar-refractivity contribution is 0.0990. The van der Waals surface area contributed by atoms with Crippen LogP contribution in [0.4, 0.5) is 0 Å². The number of hydrogen-bond acceptors (Lipinski definition) is 3. The smallest absolute Gasteiger partial charge is 0.205 e. The number of fused-ring (bicyclic) bond motifs is 1. The molecule has 0 bridgehead atoms. The molecule has 116 valence electrons. The molecule has 0 N–H and O–H groups in total. The number of hydrogen-bond donors (Lipinski definition) is 0. The SMILES string of the molecule is Cc1ccc(-n2nc(-c3ccccc3)c3c2C(=O)C=CC3=O)cc1. The molecule has 0 saturated carbocycles. The van der Waals surface area contributed by atoms with Gasteiger partial charge in [0.05, 0.1) is 11.3 Å². The van der Waals surface area contributed by atoms with Crippen molar-refractivity contribution in [2.45, 2.75) is 6.92 Å². The van der Waals surface area contributed by atoms with E-state index in [9.17, 15) is 9.59 Å². The van der Waals surface area contributed by atoms with Crippen molar-refractivity contribution in [1.82, 2.24) is 9.78 Å². The Morgan fingerprint density at radius 1 is 0.833 bits per heavy atom. The largest absolute Gasteiger partial charge is 0.289 e. The molecule has 0 fully saturated rings. The van der Waals surface area contributed by atoms with Crippen LogP contribution in [0.1, 0.15) is 26.4 Å². The van der Waals surface area contributed by atoms with E-state index in [4.69, 9.17) is 0 Å². The molecule has 0 unspecified atom stereocenters. The lowest BCUT2D eigenvalue weighted by atomic mass is 9.96. The number of allylic oxidation sites excluding steroid dienone is 2. The Bertz CT molecular complexity index is 980. The lowest BCUT2D eigenvalue weighted by Gasteiger charge is -2.09. The average Bonchev–Trinajstić information content (AvgIpc) is 3.01. The third kappa shape index (κ3) is 2.20. The molecule has 4 heteroatoms. The predicted octanol–water partition coefficient (Wildman–Crippen LogP) is 3.78. The number of ketones is 2. The van der Waals surface area contributed by atoms with Gasteiger partial charge in [-0.2, -0.15) is 5.10 Å². The Labute approximate surface area is 139 Å². The van der Waals surface area contributed by atoms with Gasteiger partial charge in [-0.05, 0) is 31.2 Å². The lowest BCUT2D eigenvalue weighted by Crippen LogP contribution is -2.15. The van der Waals surface area contributed by atoms with Crippen LogP contribution in [-0.4, -0.2) is 21.3 Å². The molecule has 0 atom stereocenters. The van der Waals surface area contributed by atoms with E-state index in [0.29, 0.717) is 17.0 Å². The Kier molecular flexibility index (Phi) is 3.24. The zero-order valence-electron chi connectivity index (χ0n) is 13.1. The first-order valence-electron chi connectivity index (χ1n) is 7.67. The summed E-state index contributed by atoms with van der Waals surface area (Å²) in [4.78, 5) is 24.9. The highest BCUT2D eigenvalue weighted by Crippen LogP contribution is 2.30. The summed E-state index contributed by atoms with van der Waals surface area (Å²) in [5, 5.41) is 4.60. The highest BCUT2D eigenvalue weighted by atomic mass is 16.1. The van der Waals surface area contributed by atoms with Gasteiger partial charge < -0.3 is 0 Å². The van der Waals surface area contributed by atoms with Crippen LogP contribution in [-0.2, 0) is 0 Å². The Morgan fingerprint density at radius 2 is 1.50 bits per heavy atom. The van der Waals surface area contributed by atoms with Gasteiger partial charge in [0.15, 0.2) is 5.78 Å². The van der Waals surface area contributed by atoms with Crippen LogP contribution in [0.3, 0.4) is 0 Å². The van der Waals surface area contributed by atoms with E-state index >= 15 is 0 Å². The van der Waals surface area contributed by atoms with Crippen molar-refractivity contribution in [1.29, 1.82) is 0 Å². The van der Waals surface area contributed by atoms with Crippen molar-refractivity contribution in [3.05, 3.63) is 83.6 Å². The Hall–Kier alpha value is -3.27. The molecule has 1 aliphatic rings. The minimum absolute atomic E-state index is 0.193. The van der Waals surface area contributed by atoms with Crippen molar-refractivity contribution in [2.75, 3.05) is 0 Å². The fourth-order valence-corrected chi connectivity index (χ4v) is 2.86. The van der Waals surface area contributed by atoms with Crippen molar-refractivity contribution >= 4 is 11.6 Å². The second kappa shape index (κ2) is 5.42. The van der Waals surface area contributed by atoms with Crippen LogP contribution in [0.5, 0.6) is 0 Å². The van der Waals surface area contributed by atoms with Crippen LogP contribution in [0.15, 0.2) is 66.7 Å². The van der Waals surface area contributed by atoms with Gasteiger partial charge in [-0.25, -0.2) is 4.68 Å². The molecule has 4 rings (SSSR count). The minimum Gasteiger partial charge on any atom is -0.289 e. The fraction of sp³-hybridized carbons (Fsp3) is 0.0500. The van der Waals surface area contributed by atoms with Gasteiger partial charge in [0.25, 0.3) is 0 Å². The molecule has 2 aromatic carbocycles. The van der Waals surface area contributed by atoms with Gasteiger partial charge in [-0.1, -0.05) is 48.0 Å². The summed E-state index contributed by atoms with van der Waals surface area (Å²) < 4.78 is 1.57. The van der Waals surface area contributed by atoms with Gasteiger partial charge in [-0.15, -0.1) is 0 Å². The topological polar surface area (TPSA) is 52.0 Å². The molecule has 4 nitrogen and oxygen atoms in total. The predicted molar refractivity (Wildman–Crippen MR) is 91.5 cm³/mol. The first-order chi connectivity index (χ1) is 11.6. The van der Waals surface area contributed by atoms with Crippen molar-refractivity contribution in [2.24, 2.45) is 0 Å². The third-order valence-electron chi connectivity index (χ3n) is 4.08. The summed E-state index contributed by atoms with van der Waals surface area (Å²) in [6.45, 7) is 2.00. The number of rotatable bonds is 2. The van der Waals surface area contributed by atoms with Crippen LogP contribution < -0.4 is 0 Å². The van der Waals surface area contributed by atoms with E-state index < -0.39 is 0 Å². The first kappa shape index (κ1) is 14.3. The van der Waals surface area contributed by atoms with Crippen LogP contribution in [0.2, 0.25) is 0 Å². The highest BCUT2D eigenvalue weighted by Gasteiger charge is 2.30. The number of aromatic nitrogens is 2. The van der Waals surface area contributed by atoms with E-state index in [1.54, 1.807) is 4.68 Å². The molecule has 0 saturated heterocycles. The summed E-state index contributed by atoms with van der Waals surface area (Å²) in [6.07, 6.45) is 2.63. The van der Waals surface area contributed by atoms with Gasteiger partial charge in [-0.3, -0.25) is 9.59 Å². The zero-order chi connectivity index (χ0) is 16.7. The molecule has 24 heavy (non-hydrogen) atoms. The van der Waals surface area contributed by atoms with Gasteiger partial charge in [0.2, 0.25) is 5.78 Å². The van der Waals surface area contributed by atoms with Crippen LogP contribution in [0, 0.1) is 6.92 Å². The maximum atomic E-state index is 12.4. The third-order valence-corrected chi connectivity index (χ3v) is 4.08. The van der Waals surface area contributed by atoms with Crippen molar-refractivity contribution in [3.63, 3.8) is 0 Å². The van der Waals surface area contributed by atoms with Gasteiger partial charge >= 0.3 is 0 Å². The van der Waals surface area contributed by atoms with Crippen molar-refractivity contribution < 1.29 is 9.59 Å². The summed E-state index contributed by atoms with van der Waals surface area (Å²) in [5.41, 5.74) is 3.92. The Balaban J connectivity index is 2.01. The molecule has 1 aromatic heterocycles. The zero-order valence-corrected chi connectivity index (χ0v) is 13.1. The van der Waals surface area contributed by atoms with E-state index in [1.165, 1.54) is 12.2 Å². The minimum atomic E-state index is -0.208. The van der Waals surface area contributed by atoms with Gasteiger partial charge in [0.1, 0.15) is 11.4 Å². The van der Waals surface area contributed by atoms with Crippen LogP contribution in [0.25, 0.3) is 16.9 Å². The summed E-state index contributed by atoms with van der Waals surface area (Å²) in [7, 11) is 0. The van der Waals surface area contributed by atoms with Crippen molar-refractivity contribution in [3.8, 4) is 16.9 Å². The first-order valence-corrected chi connectivity index (χ1v) is 7.67. The maximum Gasteiger partial charge on any atom is 0.205 e. The Morgan fingerprint density at radius 3 is 2.21 bits per heavy atom. The second-order valence-electron chi connectivity index (χ2n) is 5.75. The molecular weight excluding hydrogens is 300 g/mol. The summed E-state index contributed by atoms with van der Waals surface area (Å²) in [6, 6.07) is 17.2. The molecule has 0 radical (unpaired) electrons. The molecule has 3 aromatic rings.